The van der Waals surface area contributed by atoms with Gasteiger partial charge in [-0.05, 0) is 30.2 Å². The van der Waals surface area contributed by atoms with Gasteiger partial charge in [0, 0.05) is 18.0 Å². The van der Waals surface area contributed by atoms with E-state index in [-0.39, 0.29) is 0 Å². The first kappa shape index (κ1) is 11.4. The summed E-state index contributed by atoms with van der Waals surface area (Å²) in [6.07, 6.45) is 2.62. The standard InChI is InChI=1S/C15H13NO/c1-12-5-2-3-7-14(12)15(17)9-8-13-6-4-10-16-11-13/h2-7,10-11,15,17H,1H3. The Kier molecular flexibility index (Phi) is 3.54. The van der Waals surface area contributed by atoms with Crippen LogP contribution in [0.15, 0.2) is 48.8 Å². The van der Waals surface area contributed by atoms with Crippen LogP contribution in [0.4, 0.5) is 0 Å². The number of benzene rings is 1. The van der Waals surface area contributed by atoms with Gasteiger partial charge in [-0.2, -0.15) is 0 Å². The van der Waals surface area contributed by atoms with E-state index < -0.39 is 6.10 Å². The molecule has 1 N–H and O–H groups in total. The highest BCUT2D eigenvalue weighted by Gasteiger charge is 2.05. The summed E-state index contributed by atoms with van der Waals surface area (Å²) < 4.78 is 0. The topological polar surface area (TPSA) is 33.1 Å². The second-order valence-corrected chi connectivity index (χ2v) is 3.77. The van der Waals surface area contributed by atoms with Crippen LogP contribution in [-0.2, 0) is 0 Å². The van der Waals surface area contributed by atoms with Gasteiger partial charge in [0.05, 0.1) is 0 Å². The number of aliphatic hydroxyl groups excluding tert-OH is 1. The van der Waals surface area contributed by atoms with Gasteiger partial charge in [0.2, 0.25) is 0 Å². The molecule has 1 atom stereocenters. The maximum atomic E-state index is 9.97. The average molecular weight is 223 g/mol. The average Bonchev–Trinajstić information content (AvgIpc) is 2.38. The van der Waals surface area contributed by atoms with E-state index in [0.29, 0.717) is 0 Å². The summed E-state index contributed by atoms with van der Waals surface area (Å²) in [7, 11) is 0. The van der Waals surface area contributed by atoms with E-state index in [1.165, 1.54) is 0 Å². The summed E-state index contributed by atoms with van der Waals surface area (Å²) in [5.41, 5.74) is 2.70. The van der Waals surface area contributed by atoms with Crippen LogP contribution in [0.1, 0.15) is 22.8 Å². The predicted octanol–water partition coefficient (Wildman–Crippen LogP) is 2.48. The van der Waals surface area contributed by atoms with Gasteiger partial charge in [-0.3, -0.25) is 4.98 Å². The molecule has 1 heterocycles. The van der Waals surface area contributed by atoms with Crippen LogP contribution in [0, 0.1) is 18.8 Å². The second kappa shape index (κ2) is 5.29. The molecule has 1 aromatic heterocycles. The molecule has 0 radical (unpaired) electrons. The summed E-state index contributed by atoms with van der Waals surface area (Å²) in [4.78, 5) is 3.97. The third-order valence-corrected chi connectivity index (χ3v) is 2.50. The summed E-state index contributed by atoms with van der Waals surface area (Å²) in [5.74, 6) is 5.73. The Balaban J connectivity index is 2.21. The molecule has 0 aliphatic rings. The number of nitrogens with zero attached hydrogens (tertiary/aromatic N) is 1. The summed E-state index contributed by atoms with van der Waals surface area (Å²) >= 11 is 0. The van der Waals surface area contributed by atoms with Crippen molar-refractivity contribution in [2.75, 3.05) is 0 Å². The second-order valence-electron chi connectivity index (χ2n) is 3.77. The van der Waals surface area contributed by atoms with E-state index in [9.17, 15) is 5.11 Å². The zero-order valence-electron chi connectivity index (χ0n) is 9.59. The normalized spacial score (nSPS) is 11.4. The highest BCUT2D eigenvalue weighted by atomic mass is 16.3. The molecule has 84 valence electrons. The molecule has 0 saturated carbocycles. The van der Waals surface area contributed by atoms with E-state index >= 15 is 0 Å². The van der Waals surface area contributed by atoms with Crippen molar-refractivity contribution >= 4 is 0 Å². The lowest BCUT2D eigenvalue weighted by Crippen LogP contribution is -1.96. The van der Waals surface area contributed by atoms with Crippen LogP contribution in [0.2, 0.25) is 0 Å². The molecule has 0 aliphatic carbocycles. The fraction of sp³-hybridized carbons (Fsp3) is 0.133. The lowest BCUT2D eigenvalue weighted by atomic mass is 10.0. The molecule has 2 aromatic rings. The SMILES string of the molecule is Cc1ccccc1C(O)C#Cc1cccnc1. The van der Waals surface area contributed by atoms with Crippen LogP contribution in [0.3, 0.4) is 0 Å². The number of pyridine rings is 1. The van der Waals surface area contributed by atoms with E-state index in [0.717, 1.165) is 16.7 Å². The molecule has 0 saturated heterocycles. The van der Waals surface area contributed by atoms with E-state index in [1.807, 2.05) is 43.3 Å². The predicted molar refractivity (Wildman–Crippen MR) is 67.3 cm³/mol. The Morgan fingerprint density at radius 3 is 2.71 bits per heavy atom. The van der Waals surface area contributed by atoms with Crippen molar-refractivity contribution in [1.29, 1.82) is 0 Å². The summed E-state index contributed by atoms with van der Waals surface area (Å²) in [5, 5.41) is 9.97. The van der Waals surface area contributed by atoms with Crippen molar-refractivity contribution in [3.63, 3.8) is 0 Å². The fourth-order valence-corrected chi connectivity index (χ4v) is 1.56. The first-order valence-corrected chi connectivity index (χ1v) is 5.42. The van der Waals surface area contributed by atoms with Crippen LogP contribution < -0.4 is 0 Å². The molecule has 0 aliphatic heterocycles. The minimum absolute atomic E-state index is 0.753. The maximum absolute atomic E-state index is 9.97. The lowest BCUT2D eigenvalue weighted by molar-refractivity contribution is 0.237. The summed E-state index contributed by atoms with van der Waals surface area (Å²) in [6, 6.07) is 11.4. The molecule has 0 bridgehead atoms. The molecule has 2 nitrogen and oxygen atoms in total. The van der Waals surface area contributed by atoms with Crippen molar-refractivity contribution in [1.82, 2.24) is 4.98 Å². The molecule has 0 amide bonds. The summed E-state index contributed by atoms with van der Waals surface area (Å²) in [6.45, 7) is 1.96. The van der Waals surface area contributed by atoms with Gasteiger partial charge in [-0.25, -0.2) is 0 Å². The molecule has 1 aromatic carbocycles. The minimum Gasteiger partial charge on any atom is -0.376 e. The van der Waals surface area contributed by atoms with Crippen molar-refractivity contribution in [3.05, 3.63) is 65.5 Å². The van der Waals surface area contributed by atoms with Crippen molar-refractivity contribution < 1.29 is 5.11 Å². The quantitative estimate of drug-likeness (QED) is 0.753. The third-order valence-electron chi connectivity index (χ3n) is 2.50. The number of aromatic nitrogens is 1. The van der Waals surface area contributed by atoms with Gasteiger partial charge in [0.1, 0.15) is 6.10 Å². The first-order valence-electron chi connectivity index (χ1n) is 5.42. The van der Waals surface area contributed by atoms with E-state index in [1.54, 1.807) is 12.4 Å². The van der Waals surface area contributed by atoms with Crippen LogP contribution in [-0.4, -0.2) is 10.1 Å². The molecule has 2 heteroatoms. The van der Waals surface area contributed by atoms with Gasteiger partial charge in [0.25, 0.3) is 0 Å². The molecular weight excluding hydrogens is 210 g/mol. The van der Waals surface area contributed by atoms with Crippen LogP contribution >= 0.6 is 0 Å². The molecule has 17 heavy (non-hydrogen) atoms. The number of hydrogen-bond donors (Lipinski definition) is 1. The Bertz CT molecular complexity index is 552. The highest BCUT2D eigenvalue weighted by Crippen LogP contribution is 2.16. The van der Waals surface area contributed by atoms with Gasteiger partial charge in [0.15, 0.2) is 0 Å². The van der Waals surface area contributed by atoms with Crippen LogP contribution in [0.25, 0.3) is 0 Å². The Labute approximate surface area is 101 Å². The highest BCUT2D eigenvalue weighted by molar-refractivity contribution is 5.37. The van der Waals surface area contributed by atoms with Gasteiger partial charge < -0.3 is 5.11 Å². The zero-order chi connectivity index (χ0) is 12.1. The van der Waals surface area contributed by atoms with Crippen molar-refractivity contribution in [2.45, 2.75) is 13.0 Å². The lowest BCUT2D eigenvalue weighted by Gasteiger charge is -2.06. The number of aryl methyl sites for hydroxylation is 1. The van der Waals surface area contributed by atoms with E-state index in [2.05, 4.69) is 16.8 Å². The van der Waals surface area contributed by atoms with Crippen molar-refractivity contribution in [3.8, 4) is 11.8 Å². The zero-order valence-corrected chi connectivity index (χ0v) is 9.59. The van der Waals surface area contributed by atoms with Crippen molar-refractivity contribution in [2.24, 2.45) is 0 Å². The smallest absolute Gasteiger partial charge is 0.140 e. The molecular formula is C15H13NO. The Morgan fingerprint density at radius 2 is 2.00 bits per heavy atom. The minimum atomic E-state index is -0.753. The Hall–Kier alpha value is -2.11. The molecule has 0 spiro atoms. The number of hydrogen-bond acceptors (Lipinski definition) is 2. The molecule has 1 unspecified atom stereocenters. The number of rotatable bonds is 1. The van der Waals surface area contributed by atoms with E-state index in [4.69, 9.17) is 0 Å². The molecule has 0 fully saturated rings. The third kappa shape index (κ3) is 2.93. The monoisotopic (exact) mass is 223 g/mol. The van der Waals surface area contributed by atoms with Gasteiger partial charge in [-0.1, -0.05) is 36.1 Å². The maximum Gasteiger partial charge on any atom is 0.140 e. The fourth-order valence-electron chi connectivity index (χ4n) is 1.56. The van der Waals surface area contributed by atoms with Gasteiger partial charge >= 0.3 is 0 Å². The largest absolute Gasteiger partial charge is 0.376 e. The first-order chi connectivity index (χ1) is 8.27. The molecule has 2 rings (SSSR count). The Morgan fingerprint density at radius 1 is 1.18 bits per heavy atom. The number of aliphatic hydroxyl groups is 1. The van der Waals surface area contributed by atoms with Crippen LogP contribution in [0.5, 0.6) is 0 Å². The van der Waals surface area contributed by atoms with Gasteiger partial charge in [-0.15, -0.1) is 0 Å².